The number of carbonyl (C=O) groups excluding carboxylic acids is 2. The van der Waals surface area contributed by atoms with Gasteiger partial charge in [-0.15, -0.1) is 0 Å². The van der Waals surface area contributed by atoms with Gasteiger partial charge in [-0.2, -0.15) is 0 Å². The maximum absolute atomic E-state index is 12.5. The molecule has 2 aliphatic rings. The molecule has 1 aliphatic carbocycles. The summed E-state index contributed by atoms with van der Waals surface area (Å²) in [6.45, 7) is 5.19. The van der Waals surface area contributed by atoms with Crippen LogP contribution in [0.25, 0.3) is 0 Å². The van der Waals surface area contributed by atoms with Crippen molar-refractivity contribution in [3.05, 3.63) is 35.9 Å². The van der Waals surface area contributed by atoms with E-state index < -0.39 is 0 Å². The molecule has 1 aromatic carbocycles. The number of piperidine rings is 1. The first kappa shape index (κ1) is 19.9. The van der Waals surface area contributed by atoms with Gasteiger partial charge in [0.15, 0.2) is 0 Å². The summed E-state index contributed by atoms with van der Waals surface area (Å²) in [7, 11) is 0. The molecule has 5 atom stereocenters. The molecule has 4 nitrogen and oxygen atoms in total. The standard InChI is InChI=1S/C23H34N2O2/c1-16-11-12-17(2)22-20(16)15-19(23(27)25-22)13-14-24-21(26)10-6-9-18-7-4-3-5-8-18/h3-5,7-8,16-17,19-20,22H,6,9-15H2,1-2H3,(H,24,26)(H,25,27). The van der Waals surface area contributed by atoms with Crippen molar-refractivity contribution in [2.45, 2.75) is 64.8 Å². The van der Waals surface area contributed by atoms with Gasteiger partial charge in [-0.1, -0.05) is 50.6 Å². The molecule has 4 heteroatoms. The summed E-state index contributed by atoms with van der Waals surface area (Å²) in [5.74, 6) is 2.19. The minimum atomic E-state index is 0.0450. The van der Waals surface area contributed by atoms with Gasteiger partial charge in [-0.05, 0) is 55.4 Å². The first-order valence-corrected chi connectivity index (χ1v) is 10.7. The van der Waals surface area contributed by atoms with Crippen LogP contribution in [0, 0.1) is 23.7 Å². The number of fused-ring (bicyclic) bond motifs is 1. The molecule has 2 amide bonds. The van der Waals surface area contributed by atoms with Crippen LogP contribution in [0.4, 0.5) is 0 Å². The quantitative estimate of drug-likeness (QED) is 0.769. The molecule has 2 N–H and O–H groups in total. The van der Waals surface area contributed by atoms with Gasteiger partial charge in [0.1, 0.15) is 0 Å². The largest absolute Gasteiger partial charge is 0.356 e. The fourth-order valence-electron chi connectivity index (χ4n) is 4.86. The molecule has 148 valence electrons. The zero-order chi connectivity index (χ0) is 19.2. The molecule has 0 radical (unpaired) electrons. The lowest BCUT2D eigenvalue weighted by molar-refractivity contribution is -0.132. The second kappa shape index (κ2) is 9.38. The van der Waals surface area contributed by atoms with Gasteiger partial charge in [0.2, 0.25) is 11.8 Å². The average molecular weight is 371 g/mol. The monoisotopic (exact) mass is 370 g/mol. The normalized spacial score (nSPS) is 30.3. The molecule has 0 aromatic heterocycles. The Balaban J connectivity index is 1.37. The summed E-state index contributed by atoms with van der Waals surface area (Å²) < 4.78 is 0. The van der Waals surface area contributed by atoms with Crippen molar-refractivity contribution in [2.75, 3.05) is 6.54 Å². The molecule has 1 aliphatic heterocycles. The van der Waals surface area contributed by atoms with Crippen molar-refractivity contribution in [3.8, 4) is 0 Å². The summed E-state index contributed by atoms with van der Waals surface area (Å²) in [5.41, 5.74) is 1.27. The van der Waals surface area contributed by atoms with Crippen molar-refractivity contribution in [1.82, 2.24) is 10.6 Å². The molecule has 3 rings (SSSR count). The van der Waals surface area contributed by atoms with Crippen LogP contribution in [0.1, 0.15) is 57.9 Å². The minimum absolute atomic E-state index is 0.0450. The van der Waals surface area contributed by atoms with Crippen LogP contribution in [0.2, 0.25) is 0 Å². The zero-order valence-corrected chi connectivity index (χ0v) is 16.7. The van der Waals surface area contributed by atoms with Gasteiger partial charge in [-0.3, -0.25) is 9.59 Å². The predicted octanol–water partition coefficient (Wildman–Crippen LogP) is 3.70. The maximum atomic E-state index is 12.5. The first-order chi connectivity index (χ1) is 13.0. The number of nitrogens with one attached hydrogen (secondary N) is 2. The summed E-state index contributed by atoms with van der Waals surface area (Å²) in [6, 6.07) is 10.6. The van der Waals surface area contributed by atoms with E-state index in [0.717, 1.165) is 25.7 Å². The zero-order valence-electron chi connectivity index (χ0n) is 16.7. The highest BCUT2D eigenvalue weighted by atomic mass is 16.2. The van der Waals surface area contributed by atoms with Crippen molar-refractivity contribution >= 4 is 11.8 Å². The molecule has 0 spiro atoms. The Morgan fingerprint density at radius 3 is 2.67 bits per heavy atom. The van der Waals surface area contributed by atoms with Crippen LogP contribution >= 0.6 is 0 Å². The summed E-state index contributed by atoms with van der Waals surface area (Å²) in [6.07, 6.45) is 6.55. The van der Waals surface area contributed by atoms with Gasteiger partial charge >= 0.3 is 0 Å². The summed E-state index contributed by atoms with van der Waals surface area (Å²) in [4.78, 5) is 24.6. The molecule has 1 saturated carbocycles. The number of aryl methyl sites for hydroxylation is 1. The molecule has 2 fully saturated rings. The second-order valence-electron chi connectivity index (χ2n) is 8.64. The number of hydrogen-bond donors (Lipinski definition) is 2. The van der Waals surface area contributed by atoms with Crippen molar-refractivity contribution in [1.29, 1.82) is 0 Å². The molecular weight excluding hydrogens is 336 g/mol. The lowest BCUT2D eigenvalue weighted by Crippen LogP contribution is -2.56. The Kier molecular flexibility index (Phi) is 6.92. The summed E-state index contributed by atoms with van der Waals surface area (Å²) >= 11 is 0. The molecule has 5 unspecified atom stereocenters. The Hall–Kier alpha value is -1.84. The maximum Gasteiger partial charge on any atom is 0.223 e. The third-order valence-corrected chi connectivity index (χ3v) is 6.65. The van der Waals surface area contributed by atoms with Crippen LogP contribution in [-0.4, -0.2) is 24.4 Å². The van der Waals surface area contributed by atoms with Crippen molar-refractivity contribution in [2.24, 2.45) is 23.7 Å². The van der Waals surface area contributed by atoms with E-state index in [1.807, 2.05) is 18.2 Å². The van der Waals surface area contributed by atoms with Crippen LogP contribution < -0.4 is 10.6 Å². The molecule has 1 saturated heterocycles. The number of amides is 2. The average Bonchev–Trinajstić information content (AvgIpc) is 2.66. The van der Waals surface area contributed by atoms with E-state index in [2.05, 4.69) is 36.6 Å². The third-order valence-electron chi connectivity index (χ3n) is 6.65. The van der Waals surface area contributed by atoms with Crippen molar-refractivity contribution in [3.63, 3.8) is 0 Å². The number of rotatable bonds is 7. The van der Waals surface area contributed by atoms with Gasteiger partial charge in [0.05, 0.1) is 0 Å². The smallest absolute Gasteiger partial charge is 0.223 e. The van der Waals surface area contributed by atoms with Crippen LogP contribution in [0.3, 0.4) is 0 Å². The molecule has 27 heavy (non-hydrogen) atoms. The van der Waals surface area contributed by atoms with Gasteiger partial charge in [-0.25, -0.2) is 0 Å². The highest BCUT2D eigenvalue weighted by Crippen LogP contribution is 2.40. The number of benzene rings is 1. The van der Waals surface area contributed by atoms with E-state index in [4.69, 9.17) is 0 Å². The highest BCUT2D eigenvalue weighted by Gasteiger charge is 2.42. The van der Waals surface area contributed by atoms with Crippen molar-refractivity contribution < 1.29 is 9.59 Å². The third kappa shape index (κ3) is 5.33. The van der Waals surface area contributed by atoms with E-state index in [-0.39, 0.29) is 17.7 Å². The predicted molar refractivity (Wildman–Crippen MR) is 108 cm³/mol. The number of hydrogen-bond acceptors (Lipinski definition) is 2. The molecule has 1 heterocycles. The number of carbonyl (C=O) groups is 2. The fraction of sp³-hybridized carbons (Fsp3) is 0.652. The topological polar surface area (TPSA) is 58.2 Å². The van der Waals surface area contributed by atoms with E-state index in [1.54, 1.807) is 0 Å². The highest BCUT2D eigenvalue weighted by molar-refractivity contribution is 5.80. The second-order valence-corrected chi connectivity index (χ2v) is 8.64. The molecular formula is C23H34N2O2. The fourth-order valence-corrected chi connectivity index (χ4v) is 4.86. The van der Waals surface area contributed by atoms with Crippen LogP contribution in [-0.2, 0) is 16.0 Å². The van der Waals surface area contributed by atoms with Crippen LogP contribution in [0.5, 0.6) is 0 Å². The Bertz CT molecular complexity index is 631. The van der Waals surface area contributed by atoms with E-state index >= 15 is 0 Å². The Morgan fingerprint density at radius 2 is 1.89 bits per heavy atom. The van der Waals surface area contributed by atoms with Gasteiger partial charge in [0.25, 0.3) is 0 Å². The van der Waals surface area contributed by atoms with E-state index in [9.17, 15) is 9.59 Å². The van der Waals surface area contributed by atoms with Gasteiger partial charge < -0.3 is 10.6 Å². The first-order valence-electron chi connectivity index (χ1n) is 10.7. The van der Waals surface area contributed by atoms with Gasteiger partial charge in [0, 0.05) is 24.9 Å². The summed E-state index contributed by atoms with van der Waals surface area (Å²) in [5, 5.41) is 6.30. The lowest BCUT2D eigenvalue weighted by Gasteiger charge is -2.46. The van der Waals surface area contributed by atoms with E-state index in [0.29, 0.717) is 36.8 Å². The molecule has 0 bridgehead atoms. The van der Waals surface area contributed by atoms with E-state index in [1.165, 1.54) is 18.4 Å². The Labute approximate surface area is 163 Å². The van der Waals surface area contributed by atoms with Crippen LogP contribution in [0.15, 0.2) is 30.3 Å². The lowest BCUT2D eigenvalue weighted by atomic mass is 9.66. The Morgan fingerprint density at radius 1 is 1.15 bits per heavy atom. The molecule has 1 aromatic rings. The minimum Gasteiger partial charge on any atom is -0.356 e. The SMILES string of the molecule is CC1CCC(C)C2NC(=O)C(CCNC(=O)CCCc3ccccc3)CC12.